The Balaban J connectivity index is 2.10. The third-order valence-corrected chi connectivity index (χ3v) is 3.91. The molecule has 3 nitrogen and oxygen atoms in total. The van der Waals surface area contributed by atoms with Crippen LogP contribution in [0.4, 0.5) is 0 Å². The minimum Gasteiger partial charge on any atom is -0.316 e. The van der Waals surface area contributed by atoms with Crippen molar-refractivity contribution < 1.29 is 0 Å². The third-order valence-electron chi connectivity index (χ3n) is 3.91. The molecular formula is C15H33N3. The standard InChI is InChI=1S/C15H33N3/c1-14(2)13-16-8-5-7-15(3)18-10-6-9-17(4)11-12-18/h14-16H,5-13H2,1-4H3. The summed E-state index contributed by atoms with van der Waals surface area (Å²) in [5.74, 6) is 0.767. The highest BCUT2D eigenvalue weighted by Crippen LogP contribution is 2.10. The molecule has 3 heteroatoms. The summed E-state index contributed by atoms with van der Waals surface area (Å²) < 4.78 is 0. The molecule has 1 unspecified atom stereocenters. The van der Waals surface area contributed by atoms with E-state index in [0.29, 0.717) is 0 Å². The van der Waals surface area contributed by atoms with E-state index in [1.54, 1.807) is 0 Å². The van der Waals surface area contributed by atoms with Gasteiger partial charge >= 0.3 is 0 Å². The van der Waals surface area contributed by atoms with E-state index < -0.39 is 0 Å². The molecule has 1 rings (SSSR count). The number of nitrogens with one attached hydrogen (secondary N) is 1. The number of hydrogen-bond donors (Lipinski definition) is 1. The molecule has 1 fully saturated rings. The van der Waals surface area contributed by atoms with E-state index in [2.05, 4.69) is 42.9 Å². The molecule has 1 atom stereocenters. The lowest BCUT2D eigenvalue weighted by atomic mass is 10.1. The van der Waals surface area contributed by atoms with Gasteiger partial charge in [-0.3, -0.25) is 4.90 Å². The molecule has 108 valence electrons. The molecule has 0 bridgehead atoms. The molecule has 1 aliphatic rings. The molecule has 1 N–H and O–H groups in total. The Morgan fingerprint density at radius 3 is 2.56 bits per heavy atom. The van der Waals surface area contributed by atoms with Gasteiger partial charge in [0.05, 0.1) is 0 Å². The fraction of sp³-hybridized carbons (Fsp3) is 1.00. The highest BCUT2D eigenvalue weighted by molar-refractivity contribution is 4.73. The predicted octanol–water partition coefficient (Wildman–Crippen LogP) is 2.04. The molecule has 0 amide bonds. The smallest absolute Gasteiger partial charge is 0.0112 e. The number of hydrogen-bond acceptors (Lipinski definition) is 3. The van der Waals surface area contributed by atoms with Gasteiger partial charge in [-0.25, -0.2) is 0 Å². The minimum atomic E-state index is 0.748. The van der Waals surface area contributed by atoms with Crippen LogP contribution in [-0.4, -0.2) is 62.2 Å². The van der Waals surface area contributed by atoms with Gasteiger partial charge in [-0.2, -0.15) is 0 Å². The van der Waals surface area contributed by atoms with E-state index in [4.69, 9.17) is 0 Å². The zero-order valence-electron chi connectivity index (χ0n) is 12.9. The molecule has 1 heterocycles. The Kier molecular flexibility index (Phi) is 7.87. The van der Waals surface area contributed by atoms with Crippen molar-refractivity contribution in [3.8, 4) is 0 Å². The van der Waals surface area contributed by atoms with Crippen molar-refractivity contribution in [3.05, 3.63) is 0 Å². The highest BCUT2D eigenvalue weighted by atomic mass is 15.2. The summed E-state index contributed by atoms with van der Waals surface area (Å²) in [6.45, 7) is 14.3. The first kappa shape index (κ1) is 15.9. The quantitative estimate of drug-likeness (QED) is 0.702. The van der Waals surface area contributed by atoms with Crippen molar-refractivity contribution >= 4 is 0 Å². The van der Waals surface area contributed by atoms with Crippen LogP contribution in [0.15, 0.2) is 0 Å². The summed E-state index contributed by atoms with van der Waals surface area (Å²) in [5.41, 5.74) is 0. The Labute approximate surface area is 114 Å². The summed E-state index contributed by atoms with van der Waals surface area (Å²) in [5, 5.41) is 3.54. The molecule has 0 aromatic heterocycles. The fourth-order valence-corrected chi connectivity index (χ4v) is 2.60. The molecule has 1 saturated heterocycles. The van der Waals surface area contributed by atoms with Crippen LogP contribution in [0.1, 0.15) is 40.0 Å². The summed E-state index contributed by atoms with van der Waals surface area (Å²) in [7, 11) is 2.24. The van der Waals surface area contributed by atoms with E-state index in [0.717, 1.165) is 18.5 Å². The van der Waals surface area contributed by atoms with E-state index in [-0.39, 0.29) is 0 Å². The summed E-state index contributed by atoms with van der Waals surface area (Å²) in [6.07, 6.45) is 3.96. The average molecular weight is 255 g/mol. The van der Waals surface area contributed by atoms with Gasteiger partial charge in [0.15, 0.2) is 0 Å². The number of likely N-dealkylation sites (N-methyl/N-ethyl adjacent to an activating group) is 1. The van der Waals surface area contributed by atoms with E-state index in [1.807, 2.05) is 0 Å². The van der Waals surface area contributed by atoms with Gasteiger partial charge < -0.3 is 10.2 Å². The zero-order chi connectivity index (χ0) is 13.4. The van der Waals surface area contributed by atoms with Crippen LogP contribution in [0.3, 0.4) is 0 Å². The third kappa shape index (κ3) is 6.72. The van der Waals surface area contributed by atoms with E-state index in [1.165, 1.54) is 52.0 Å². The highest BCUT2D eigenvalue weighted by Gasteiger charge is 2.16. The van der Waals surface area contributed by atoms with Gasteiger partial charge in [-0.1, -0.05) is 13.8 Å². The van der Waals surface area contributed by atoms with Gasteiger partial charge in [0.25, 0.3) is 0 Å². The maximum Gasteiger partial charge on any atom is 0.0112 e. The lowest BCUT2D eigenvalue weighted by Gasteiger charge is -2.27. The van der Waals surface area contributed by atoms with Crippen LogP contribution in [0.2, 0.25) is 0 Å². The van der Waals surface area contributed by atoms with Crippen LogP contribution in [0.25, 0.3) is 0 Å². The molecule has 0 spiro atoms. The van der Waals surface area contributed by atoms with Crippen molar-refractivity contribution in [2.45, 2.75) is 46.1 Å². The molecule has 0 radical (unpaired) electrons. The summed E-state index contributed by atoms with van der Waals surface area (Å²) in [4.78, 5) is 5.13. The molecule has 0 saturated carbocycles. The zero-order valence-corrected chi connectivity index (χ0v) is 12.9. The molecule has 0 aromatic carbocycles. The second kappa shape index (κ2) is 8.89. The topological polar surface area (TPSA) is 18.5 Å². The Morgan fingerprint density at radius 1 is 1.06 bits per heavy atom. The maximum absolute atomic E-state index is 3.54. The lowest BCUT2D eigenvalue weighted by Crippen LogP contribution is -2.36. The van der Waals surface area contributed by atoms with Crippen molar-refractivity contribution in [1.29, 1.82) is 0 Å². The maximum atomic E-state index is 3.54. The summed E-state index contributed by atoms with van der Waals surface area (Å²) in [6, 6.07) is 0.748. The Bertz CT molecular complexity index is 206. The second-order valence-corrected chi connectivity index (χ2v) is 6.28. The largest absolute Gasteiger partial charge is 0.316 e. The lowest BCUT2D eigenvalue weighted by molar-refractivity contribution is 0.203. The van der Waals surface area contributed by atoms with Crippen molar-refractivity contribution in [2.75, 3.05) is 46.3 Å². The predicted molar refractivity (Wildman–Crippen MR) is 80.1 cm³/mol. The van der Waals surface area contributed by atoms with Crippen molar-refractivity contribution in [3.63, 3.8) is 0 Å². The van der Waals surface area contributed by atoms with Gasteiger partial charge in [0, 0.05) is 19.1 Å². The van der Waals surface area contributed by atoms with Crippen LogP contribution < -0.4 is 5.32 Å². The van der Waals surface area contributed by atoms with Gasteiger partial charge in [0.2, 0.25) is 0 Å². The first-order valence-corrected chi connectivity index (χ1v) is 7.73. The van der Waals surface area contributed by atoms with Gasteiger partial charge in [0.1, 0.15) is 0 Å². The summed E-state index contributed by atoms with van der Waals surface area (Å²) >= 11 is 0. The first-order chi connectivity index (χ1) is 8.59. The minimum absolute atomic E-state index is 0.748. The van der Waals surface area contributed by atoms with Crippen LogP contribution in [0.5, 0.6) is 0 Å². The van der Waals surface area contributed by atoms with E-state index in [9.17, 15) is 0 Å². The van der Waals surface area contributed by atoms with Gasteiger partial charge in [-0.05, 0) is 65.3 Å². The molecule has 0 aliphatic carbocycles. The van der Waals surface area contributed by atoms with Crippen LogP contribution >= 0.6 is 0 Å². The van der Waals surface area contributed by atoms with Crippen molar-refractivity contribution in [2.24, 2.45) is 5.92 Å². The molecule has 18 heavy (non-hydrogen) atoms. The molecule has 1 aliphatic heterocycles. The monoisotopic (exact) mass is 255 g/mol. The Morgan fingerprint density at radius 2 is 1.83 bits per heavy atom. The van der Waals surface area contributed by atoms with Crippen LogP contribution in [-0.2, 0) is 0 Å². The molecular weight excluding hydrogens is 222 g/mol. The van der Waals surface area contributed by atoms with Gasteiger partial charge in [-0.15, -0.1) is 0 Å². The fourth-order valence-electron chi connectivity index (χ4n) is 2.60. The van der Waals surface area contributed by atoms with E-state index >= 15 is 0 Å². The normalized spacial score (nSPS) is 21.2. The number of rotatable bonds is 7. The number of nitrogens with zero attached hydrogens (tertiary/aromatic N) is 2. The SMILES string of the molecule is CC(C)CNCCCC(C)N1CCCN(C)CC1. The van der Waals surface area contributed by atoms with Crippen LogP contribution in [0, 0.1) is 5.92 Å². The first-order valence-electron chi connectivity index (χ1n) is 7.73. The second-order valence-electron chi connectivity index (χ2n) is 6.28. The average Bonchev–Trinajstić information content (AvgIpc) is 2.53. The Hall–Kier alpha value is -0.120. The van der Waals surface area contributed by atoms with Crippen molar-refractivity contribution in [1.82, 2.24) is 15.1 Å². The molecule has 0 aromatic rings.